The standard InChI is InChI=1S/C28H38N3O9PS/c1-18(24(34)38-17-27(2,3)4)30-41(37,40-21-12-8-10-19-9-6-7-11-20(19)21)39-16-14-22(32)28(5,36)25(35)31-15-13-23(33)29-26(31)42/h6-13,15,18,22,25,32,35-36H,14,16-17H2,1-5H3,(H,30,37)(H,29,33,42)/t18-,22?,25+,28+,41?/m0/s1. The minimum atomic E-state index is -4.29. The van der Waals surface area contributed by atoms with Crippen molar-refractivity contribution in [2.75, 3.05) is 13.2 Å². The van der Waals surface area contributed by atoms with Gasteiger partial charge in [-0.2, -0.15) is 5.09 Å². The lowest BCUT2D eigenvalue weighted by molar-refractivity contribution is -0.167. The summed E-state index contributed by atoms with van der Waals surface area (Å²) in [5.74, 6) is -0.436. The number of hydrogen-bond acceptors (Lipinski definition) is 10. The summed E-state index contributed by atoms with van der Waals surface area (Å²) in [6, 6.07) is 12.4. The molecular weight excluding hydrogens is 585 g/mol. The lowest BCUT2D eigenvalue weighted by Crippen LogP contribution is -2.48. The summed E-state index contributed by atoms with van der Waals surface area (Å²) >= 11 is 5.03. The number of aliphatic hydroxyl groups is 3. The van der Waals surface area contributed by atoms with Crippen LogP contribution in [0, 0.1) is 10.2 Å². The van der Waals surface area contributed by atoms with Crippen molar-refractivity contribution < 1.29 is 38.5 Å². The molecule has 230 valence electrons. The molecule has 14 heteroatoms. The molecule has 0 radical (unpaired) electrons. The molecule has 5 N–H and O–H groups in total. The van der Waals surface area contributed by atoms with Crippen molar-refractivity contribution in [1.29, 1.82) is 0 Å². The third kappa shape index (κ3) is 8.81. The zero-order chi connectivity index (χ0) is 31.3. The first-order valence-corrected chi connectivity index (χ1v) is 15.2. The molecule has 0 spiro atoms. The van der Waals surface area contributed by atoms with E-state index in [4.69, 9.17) is 26.0 Å². The van der Waals surface area contributed by atoms with E-state index in [1.165, 1.54) is 20.0 Å². The number of ether oxygens (including phenoxy) is 1. The van der Waals surface area contributed by atoms with E-state index in [1.54, 1.807) is 24.3 Å². The number of rotatable bonds is 13. The highest BCUT2D eigenvalue weighted by Crippen LogP contribution is 2.47. The van der Waals surface area contributed by atoms with E-state index in [0.717, 1.165) is 16.0 Å². The second-order valence-electron chi connectivity index (χ2n) is 11.3. The largest absolute Gasteiger partial charge is 0.464 e. The lowest BCUT2D eigenvalue weighted by atomic mass is 9.94. The van der Waals surface area contributed by atoms with Gasteiger partial charge in [-0.15, -0.1) is 0 Å². The maximum Gasteiger partial charge on any atom is 0.459 e. The molecule has 0 aliphatic heterocycles. The first kappa shape index (κ1) is 33.6. The molecule has 0 saturated carbocycles. The van der Waals surface area contributed by atoms with E-state index >= 15 is 0 Å². The van der Waals surface area contributed by atoms with Crippen molar-refractivity contribution in [3.05, 3.63) is 69.9 Å². The summed E-state index contributed by atoms with van der Waals surface area (Å²) in [6.45, 7) is 8.05. The molecule has 42 heavy (non-hydrogen) atoms. The van der Waals surface area contributed by atoms with Crippen molar-refractivity contribution >= 4 is 36.7 Å². The van der Waals surface area contributed by atoms with Crippen molar-refractivity contribution in [2.45, 2.75) is 65.0 Å². The van der Waals surface area contributed by atoms with Crippen molar-refractivity contribution in [1.82, 2.24) is 14.6 Å². The predicted octanol–water partition coefficient (Wildman–Crippen LogP) is 3.82. The fourth-order valence-electron chi connectivity index (χ4n) is 3.85. The monoisotopic (exact) mass is 623 g/mol. The van der Waals surface area contributed by atoms with Crippen LogP contribution in [-0.2, 0) is 18.6 Å². The van der Waals surface area contributed by atoms with E-state index in [9.17, 15) is 29.5 Å². The van der Waals surface area contributed by atoms with Crippen LogP contribution < -0.4 is 15.2 Å². The highest BCUT2D eigenvalue weighted by molar-refractivity contribution is 7.71. The van der Waals surface area contributed by atoms with Gasteiger partial charge in [-0.1, -0.05) is 57.2 Å². The minimum Gasteiger partial charge on any atom is -0.464 e. The minimum absolute atomic E-state index is 0.135. The number of nitrogens with zero attached hydrogens (tertiary/aromatic N) is 1. The van der Waals surface area contributed by atoms with E-state index in [2.05, 4.69) is 10.1 Å². The molecule has 1 aromatic heterocycles. The number of nitrogens with one attached hydrogen (secondary N) is 2. The smallest absolute Gasteiger partial charge is 0.459 e. The quantitative estimate of drug-likeness (QED) is 0.106. The van der Waals surface area contributed by atoms with Crippen LogP contribution in [0.25, 0.3) is 10.8 Å². The van der Waals surface area contributed by atoms with E-state index in [1.807, 2.05) is 39.0 Å². The van der Waals surface area contributed by atoms with Crippen molar-refractivity contribution in [3.8, 4) is 5.75 Å². The highest BCUT2D eigenvalue weighted by atomic mass is 32.1. The second-order valence-corrected chi connectivity index (χ2v) is 13.4. The Hall–Kier alpha value is -2.90. The Labute approximate surface area is 248 Å². The third-order valence-electron chi connectivity index (χ3n) is 6.29. The number of carbonyl (C=O) groups excluding carboxylic acids is 1. The predicted molar refractivity (Wildman–Crippen MR) is 160 cm³/mol. The van der Waals surface area contributed by atoms with Crippen LogP contribution in [0.2, 0.25) is 0 Å². The number of benzene rings is 2. The van der Waals surface area contributed by atoms with Gasteiger partial charge in [-0.3, -0.25) is 23.7 Å². The van der Waals surface area contributed by atoms with Gasteiger partial charge < -0.3 is 24.6 Å². The van der Waals surface area contributed by atoms with Gasteiger partial charge in [-0.25, -0.2) is 4.57 Å². The topological polar surface area (TPSA) is 172 Å². The Kier molecular flexibility index (Phi) is 10.9. The molecule has 0 amide bonds. The number of fused-ring (bicyclic) bond motifs is 1. The molecule has 2 aromatic carbocycles. The number of H-pyrrole nitrogens is 1. The SMILES string of the molecule is C[C@H](NP(=O)(OCCC(O)[C@@](C)(O)[C@@H](O)n1ccc(=O)[nH]c1=S)Oc1cccc2ccccc12)C(=O)OCC(C)(C)C. The number of esters is 1. The van der Waals surface area contributed by atoms with Crippen LogP contribution in [0.3, 0.4) is 0 Å². The van der Waals surface area contributed by atoms with Gasteiger partial charge in [0.05, 0.1) is 19.3 Å². The first-order valence-electron chi connectivity index (χ1n) is 13.3. The fourth-order valence-corrected chi connectivity index (χ4v) is 5.63. The zero-order valence-corrected chi connectivity index (χ0v) is 25.9. The normalized spacial score (nSPS) is 17.0. The molecule has 0 aliphatic rings. The average Bonchev–Trinajstić information content (AvgIpc) is 2.91. The molecule has 12 nitrogen and oxygen atoms in total. The number of hydrogen-bond donors (Lipinski definition) is 5. The van der Waals surface area contributed by atoms with Crippen LogP contribution in [0.15, 0.2) is 59.5 Å². The summed E-state index contributed by atoms with van der Waals surface area (Å²) in [4.78, 5) is 26.4. The van der Waals surface area contributed by atoms with Gasteiger partial charge in [0.25, 0.3) is 5.56 Å². The van der Waals surface area contributed by atoms with Crippen LogP contribution in [0.1, 0.15) is 47.3 Å². The molecule has 0 bridgehead atoms. The number of aromatic nitrogens is 2. The van der Waals surface area contributed by atoms with Crippen molar-refractivity contribution in [3.63, 3.8) is 0 Å². The Morgan fingerprint density at radius 3 is 2.45 bits per heavy atom. The zero-order valence-electron chi connectivity index (χ0n) is 24.1. The van der Waals surface area contributed by atoms with Crippen LogP contribution in [-0.4, -0.2) is 61.8 Å². The van der Waals surface area contributed by atoms with E-state index in [0.29, 0.717) is 5.39 Å². The molecule has 0 saturated heterocycles. The van der Waals surface area contributed by atoms with Gasteiger partial charge in [0.2, 0.25) is 0 Å². The summed E-state index contributed by atoms with van der Waals surface area (Å²) in [5.41, 5.74) is -2.95. The second kappa shape index (κ2) is 13.6. The van der Waals surface area contributed by atoms with E-state index in [-0.39, 0.29) is 29.0 Å². The highest BCUT2D eigenvalue weighted by Gasteiger charge is 2.40. The Morgan fingerprint density at radius 2 is 1.79 bits per heavy atom. The summed E-state index contributed by atoms with van der Waals surface area (Å²) in [7, 11) is -4.29. The summed E-state index contributed by atoms with van der Waals surface area (Å²) in [6.07, 6.45) is -2.48. The Morgan fingerprint density at radius 1 is 1.12 bits per heavy atom. The Balaban J connectivity index is 1.78. The Bertz CT molecular complexity index is 1540. The van der Waals surface area contributed by atoms with Gasteiger partial charge in [0.1, 0.15) is 17.4 Å². The molecule has 3 aromatic rings. The van der Waals surface area contributed by atoms with Gasteiger partial charge in [0, 0.05) is 24.1 Å². The maximum absolute atomic E-state index is 14.0. The molecule has 0 fully saturated rings. The number of aromatic amines is 1. The van der Waals surface area contributed by atoms with Gasteiger partial charge in [0.15, 0.2) is 11.0 Å². The number of carbonyl (C=O) groups is 1. The molecule has 3 rings (SSSR count). The van der Waals surface area contributed by atoms with E-state index < -0.39 is 49.9 Å². The van der Waals surface area contributed by atoms with Crippen LogP contribution >= 0.6 is 20.0 Å². The fraction of sp³-hybridized carbons (Fsp3) is 0.464. The molecular formula is C28H38N3O9PS. The molecule has 2 unspecified atom stereocenters. The lowest BCUT2D eigenvalue weighted by Gasteiger charge is -2.34. The maximum atomic E-state index is 14.0. The average molecular weight is 624 g/mol. The van der Waals surface area contributed by atoms with Crippen LogP contribution in [0.5, 0.6) is 5.75 Å². The third-order valence-corrected chi connectivity index (χ3v) is 8.26. The molecule has 1 heterocycles. The summed E-state index contributed by atoms with van der Waals surface area (Å²) < 4.78 is 31.7. The van der Waals surface area contributed by atoms with Crippen LogP contribution in [0.4, 0.5) is 0 Å². The number of aliphatic hydroxyl groups excluding tert-OH is 2. The first-order chi connectivity index (χ1) is 19.5. The molecule has 5 atom stereocenters. The summed E-state index contributed by atoms with van der Waals surface area (Å²) in [5, 5.41) is 36.5. The van der Waals surface area contributed by atoms with Crippen molar-refractivity contribution in [2.24, 2.45) is 5.41 Å². The van der Waals surface area contributed by atoms with Gasteiger partial charge in [-0.05, 0) is 42.9 Å². The molecule has 0 aliphatic carbocycles. The van der Waals surface area contributed by atoms with Gasteiger partial charge >= 0.3 is 13.7 Å².